The summed E-state index contributed by atoms with van der Waals surface area (Å²) >= 11 is 0. The number of hydrogen-bond donors (Lipinski definition) is 2. The summed E-state index contributed by atoms with van der Waals surface area (Å²) in [6.07, 6.45) is 20.0. The number of carbonyl (C=O) groups is 2. The van der Waals surface area contributed by atoms with Crippen LogP contribution in [0.4, 0.5) is 4.39 Å². The number of carbonyl (C=O) groups excluding carboxylic acids is 2. The van der Waals surface area contributed by atoms with Crippen molar-refractivity contribution in [1.29, 1.82) is 0 Å². The lowest BCUT2D eigenvalue weighted by atomic mass is 9.55. The Balaban J connectivity index is 1.53. The van der Waals surface area contributed by atoms with Crippen LogP contribution in [-0.2, 0) is 20.9 Å². The van der Waals surface area contributed by atoms with Gasteiger partial charge in [-0.05, 0) is 118 Å². The van der Waals surface area contributed by atoms with Gasteiger partial charge in [-0.15, -0.1) is 6.58 Å². The van der Waals surface area contributed by atoms with E-state index in [0.717, 1.165) is 74.4 Å². The number of nitrogens with zero attached hydrogens (tertiary/aromatic N) is 2. The molecule has 0 spiro atoms. The molecule has 3 aliphatic rings. The van der Waals surface area contributed by atoms with Crippen LogP contribution in [0.25, 0.3) is 0 Å². The number of allylic oxidation sites excluding steroid dienone is 1. The number of fused-ring (bicyclic) bond motifs is 2. The molecule has 68 heavy (non-hydrogen) atoms. The Hall–Kier alpha value is -4.84. The van der Waals surface area contributed by atoms with Crippen LogP contribution in [-0.4, -0.2) is 70.3 Å². The molecule has 2 N–H and O–H groups in total. The van der Waals surface area contributed by atoms with Crippen LogP contribution in [0.1, 0.15) is 164 Å². The van der Waals surface area contributed by atoms with E-state index in [1.807, 2.05) is 49.9 Å². The first-order chi connectivity index (χ1) is 32.9. The molecule has 0 saturated heterocycles. The fraction of sp³-hybridized carbons (Fsp3) is 0.561. The molecule has 0 aromatic heterocycles. The summed E-state index contributed by atoms with van der Waals surface area (Å²) in [6, 6.07) is 18.5. The molecule has 6 rings (SSSR count). The molecule has 2 aliphatic carbocycles. The molecule has 6 atom stereocenters. The predicted molar refractivity (Wildman–Crippen MR) is 266 cm³/mol. The Morgan fingerprint density at radius 3 is 2.26 bits per heavy atom. The first kappa shape index (κ1) is 52.5. The normalized spacial score (nSPS) is 22.4. The highest BCUT2D eigenvalue weighted by Crippen LogP contribution is 2.62. The number of benzene rings is 3. The average molecular weight is 937 g/mol. The van der Waals surface area contributed by atoms with E-state index in [9.17, 15) is 19.4 Å². The third-order valence-corrected chi connectivity index (χ3v) is 13.8. The lowest BCUT2D eigenvalue weighted by Gasteiger charge is -2.60. The van der Waals surface area contributed by atoms with E-state index in [1.54, 1.807) is 36.4 Å². The van der Waals surface area contributed by atoms with Gasteiger partial charge < -0.3 is 34.2 Å². The second-order valence-corrected chi connectivity index (χ2v) is 20.0. The number of halogens is 1. The van der Waals surface area contributed by atoms with Crippen molar-refractivity contribution in [3.8, 4) is 17.2 Å². The molecule has 6 unspecified atom stereocenters. The monoisotopic (exact) mass is 937 g/mol. The van der Waals surface area contributed by atoms with E-state index >= 15 is 4.79 Å². The molecule has 11 heteroatoms. The largest absolute Gasteiger partial charge is 0.459 e. The summed E-state index contributed by atoms with van der Waals surface area (Å²) in [7, 11) is 0. The summed E-state index contributed by atoms with van der Waals surface area (Å²) in [5.74, 6) is -0.838. The van der Waals surface area contributed by atoms with Crippen LogP contribution in [0.15, 0.2) is 96.2 Å². The number of aldehydes is 1. The van der Waals surface area contributed by atoms with Crippen LogP contribution in [0.5, 0.6) is 17.2 Å². The van der Waals surface area contributed by atoms with E-state index in [2.05, 4.69) is 19.6 Å². The van der Waals surface area contributed by atoms with E-state index in [1.165, 1.54) is 44.2 Å². The van der Waals surface area contributed by atoms with Gasteiger partial charge in [-0.2, -0.15) is 0 Å². The molecule has 1 fully saturated rings. The number of oxime groups is 1. The fourth-order valence-electron chi connectivity index (χ4n) is 10.6. The lowest BCUT2D eigenvalue weighted by Crippen LogP contribution is -2.70. The Kier molecular flexibility index (Phi) is 19.8. The van der Waals surface area contributed by atoms with Gasteiger partial charge in [0.05, 0.1) is 18.2 Å². The number of aliphatic hydroxyl groups is 2. The van der Waals surface area contributed by atoms with Crippen molar-refractivity contribution in [3.63, 3.8) is 0 Å². The van der Waals surface area contributed by atoms with Crippen LogP contribution in [0, 0.1) is 23.6 Å². The van der Waals surface area contributed by atoms with E-state index in [4.69, 9.17) is 24.2 Å². The SMILES string of the molecule is C=CCOC12Oc3ccc(Oc4cccc(C=O)c4)cc3C3C(CCCCO)C(CCCCO)C=C(C(=NOC(C)(C)C)CC1N(Cc1ccc(F)cc1)C(=O)CCCCCCCCCCC)C32. The van der Waals surface area contributed by atoms with Crippen LogP contribution >= 0.6 is 0 Å². The molecule has 3 aromatic carbocycles. The maximum Gasteiger partial charge on any atom is 0.239 e. The third kappa shape index (κ3) is 13.7. The molecule has 3 aromatic rings. The van der Waals surface area contributed by atoms with Crippen molar-refractivity contribution < 1.29 is 43.2 Å². The van der Waals surface area contributed by atoms with Crippen molar-refractivity contribution in [1.82, 2.24) is 4.90 Å². The molecule has 370 valence electrons. The molecular formula is C57H77FN2O8. The Labute approximate surface area is 405 Å². The number of aliphatic hydroxyl groups excluding tert-OH is 2. The number of unbranched alkanes of at least 4 members (excludes halogenated alkanes) is 10. The molecule has 1 saturated carbocycles. The molecular weight excluding hydrogens is 860 g/mol. The third-order valence-electron chi connectivity index (χ3n) is 13.8. The summed E-state index contributed by atoms with van der Waals surface area (Å²) < 4.78 is 35.6. The van der Waals surface area contributed by atoms with Gasteiger partial charge in [-0.1, -0.05) is 113 Å². The van der Waals surface area contributed by atoms with Gasteiger partial charge in [0.25, 0.3) is 0 Å². The smallest absolute Gasteiger partial charge is 0.239 e. The number of ether oxygens (including phenoxy) is 3. The minimum absolute atomic E-state index is 0.0174. The quantitative estimate of drug-likeness (QED) is 0.0319. The molecule has 1 heterocycles. The standard InChI is InChI=1S/C57H77FN2O8/c1-6-8-9-10-11-12-13-14-15-25-53(64)60(39-41-26-28-44(58)29-27-41)52-38-50(59-68-56(3,4)5)48-36-43(22-16-18-32-61)47(24-17-19-33-62)54-49-37-46(66-45-23-20-21-42(35-45)40-63)30-31-51(49)67-57(52,55(48)54)65-34-7-2/h7,20-21,23,26-31,35-37,40,43,47,52,54-55,61-62H,2,6,8-19,22,24-25,32-34,38-39H2,1,3-5H3. The minimum atomic E-state index is -1.45. The van der Waals surface area contributed by atoms with Gasteiger partial charge in [0, 0.05) is 49.6 Å². The zero-order valence-corrected chi connectivity index (χ0v) is 41.1. The topological polar surface area (TPSA) is 127 Å². The maximum absolute atomic E-state index is 15.2. The summed E-state index contributed by atoms with van der Waals surface area (Å²) in [5.41, 5.74) is 3.23. The highest BCUT2D eigenvalue weighted by atomic mass is 19.1. The van der Waals surface area contributed by atoms with Gasteiger partial charge >= 0.3 is 0 Å². The fourth-order valence-corrected chi connectivity index (χ4v) is 10.6. The first-order valence-corrected chi connectivity index (χ1v) is 25.5. The van der Waals surface area contributed by atoms with Crippen molar-refractivity contribution in [2.24, 2.45) is 22.9 Å². The summed E-state index contributed by atoms with van der Waals surface area (Å²) in [5, 5.41) is 25.0. The predicted octanol–water partition coefficient (Wildman–Crippen LogP) is 12.8. The zero-order valence-electron chi connectivity index (χ0n) is 41.1. The highest BCUT2D eigenvalue weighted by Gasteiger charge is 2.65. The average Bonchev–Trinajstić information content (AvgIpc) is 3.33. The van der Waals surface area contributed by atoms with Gasteiger partial charge in [-0.25, -0.2) is 4.39 Å². The number of amides is 1. The van der Waals surface area contributed by atoms with E-state index in [-0.39, 0.29) is 62.3 Å². The van der Waals surface area contributed by atoms with Gasteiger partial charge in [0.2, 0.25) is 11.7 Å². The van der Waals surface area contributed by atoms with E-state index in [0.29, 0.717) is 47.8 Å². The summed E-state index contributed by atoms with van der Waals surface area (Å²) in [4.78, 5) is 35.1. The molecule has 0 radical (unpaired) electrons. The second kappa shape index (κ2) is 25.7. The van der Waals surface area contributed by atoms with Crippen molar-refractivity contribution >= 4 is 17.9 Å². The van der Waals surface area contributed by atoms with Gasteiger partial charge in [0.1, 0.15) is 41.0 Å². The zero-order chi connectivity index (χ0) is 48.5. The molecule has 0 bridgehead atoms. The Bertz CT molecular complexity index is 2150. The highest BCUT2D eigenvalue weighted by molar-refractivity contribution is 6.03. The molecule has 1 aliphatic heterocycles. The van der Waals surface area contributed by atoms with Gasteiger partial charge in [0.15, 0.2) is 0 Å². The minimum Gasteiger partial charge on any atom is -0.459 e. The second-order valence-electron chi connectivity index (χ2n) is 20.0. The Morgan fingerprint density at radius 1 is 0.897 bits per heavy atom. The van der Waals surface area contributed by atoms with Crippen molar-refractivity contribution in [2.45, 2.75) is 167 Å². The van der Waals surface area contributed by atoms with Crippen LogP contribution < -0.4 is 9.47 Å². The lowest BCUT2D eigenvalue weighted by molar-refractivity contribution is -0.258. The van der Waals surface area contributed by atoms with E-state index < -0.39 is 23.3 Å². The van der Waals surface area contributed by atoms with Crippen molar-refractivity contribution in [3.05, 3.63) is 114 Å². The number of rotatable bonds is 28. The summed E-state index contributed by atoms with van der Waals surface area (Å²) in [6.45, 7) is 12.7. The Morgan fingerprint density at radius 2 is 1.59 bits per heavy atom. The van der Waals surface area contributed by atoms with Crippen molar-refractivity contribution in [2.75, 3.05) is 19.8 Å². The maximum atomic E-state index is 15.2. The van der Waals surface area contributed by atoms with Crippen LogP contribution in [0.2, 0.25) is 0 Å². The van der Waals surface area contributed by atoms with Crippen LogP contribution in [0.3, 0.4) is 0 Å². The number of hydrogen-bond acceptors (Lipinski definition) is 9. The molecule has 10 nitrogen and oxygen atoms in total. The first-order valence-electron chi connectivity index (χ1n) is 25.5. The van der Waals surface area contributed by atoms with Gasteiger partial charge in [-0.3, -0.25) is 9.59 Å². The molecule has 1 amide bonds.